The lowest BCUT2D eigenvalue weighted by Crippen LogP contribution is -2.25. The maximum absolute atomic E-state index is 14.4. The van der Waals surface area contributed by atoms with Crippen LogP contribution in [0.15, 0.2) is 118 Å². The van der Waals surface area contributed by atoms with E-state index in [0.717, 1.165) is 36.3 Å². The van der Waals surface area contributed by atoms with Gasteiger partial charge < -0.3 is 15.2 Å². The molecule has 0 fully saturated rings. The highest BCUT2D eigenvalue weighted by Gasteiger charge is 2.38. The molecule has 0 radical (unpaired) electrons. The molecule has 18 heteroatoms. The number of carbonyl (C=O) groups excluding carboxylic acids is 4. The number of ketones is 4. The van der Waals surface area contributed by atoms with Gasteiger partial charge in [-0.05, 0) is 30.2 Å². The maximum Gasteiger partial charge on any atom is 0.296 e. The van der Waals surface area contributed by atoms with Crippen LogP contribution >= 0.6 is 12.0 Å². The van der Waals surface area contributed by atoms with Gasteiger partial charge in [0.15, 0.2) is 28.9 Å². The number of aromatic amines is 1. The topological polar surface area (TPSA) is 240 Å². The number of pyridine rings is 1. The lowest BCUT2D eigenvalue weighted by Gasteiger charge is -2.25. The molecular formula is C40H26N2O13S3. The fourth-order valence-corrected chi connectivity index (χ4v) is 9.03. The number of H-pyrrole nitrogens is 1. The highest BCUT2D eigenvalue weighted by atomic mass is 32.2. The molecule has 6 aromatic rings. The maximum atomic E-state index is 14.4. The zero-order valence-corrected chi connectivity index (χ0v) is 31.9. The minimum absolute atomic E-state index is 0.00839. The van der Waals surface area contributed by atoms with E-state index in [-0.39, 0.29) is 62.7 Å². The van der Waals surface area contributed by atoms with Gasteiger partial charge in [-0.3, -0.25) is 33.1 Å². The molecule has 4 N–H and O–H groups in total. The van der Waals surface area contributed by atoms with Gasteiger partial charge >= 0.3 is 0 Å². The van der Waals surface area contributed by atoms with Crippen molar-refractivity contribution in [2.24, 2.45) is 5.92 Å². The molecule has 292 valence electrons. The fourth-order valence-electron chi connectivity index (χ4n) is 7.20. The number of anilines is 2. The number of hydrogen-bond donors (Lipinski definition) is 4. The van der Waals surface area contributed by atoms with Crippen LogP contribution in [0.2, 0.25) is 0 Å². The monoisotopic (exact) mass is 838 g/mol. The number of hydrogen-bond acceptors (Lipinski definition) is 13. The van der Waals surface area contributed by atoms with E-state index in [9.17, 15) is 49.9 Å². The molecule has 0 spiro atoms. The first-order chi connectivity index (χ1) is 27.6. The Hall–Kier alpha value is -6.28. The number of aromatic nitrogens is 1. The first-order valence-corrected chi connectivity index (χ1v) is 20.9. The number of fused-ring (bicyclic) bond motifs is 3. The molecule has 0 saturated carbocycles. The minimum Gasteiger partial charge on any atom is -0.354 e. The zero-order chi connectivity index (χ0) is 41.1. The van der Waals surface area contributed by atoms with Crippen LogP contribution in [-0.4, -0.2) is 59.8 Å². The average Bonchev–Trinajstić information content (AvgIpc) is 3.43. The molecule has 1 aromatic heterocycles. The normalized spacial score (nSPS) is 13.7. The van der Waals surface area contributed by atoms with Gasteiger partial charge in [0.25, 0.3) is 25.8 Å². The van der Waals surface area contributed by atoms with Gasteiger partial charge in [0.1, 0.15) is 9.79 Å². The van der Waals surface area contributed by atoms with Crippen LogP contribution in [0.1, 0.15) is 59.0 Å². The smallest absolute Gasteiger partial charge is 0.296 e. The van der Waals surface area contributed by atoms with Gasteiger partial charge in [-0.15, -0.1) is 4.33 Å². The molecule has 58 heavy (non-hydrogen) atoms. The fraction of sp³-hybridized carbons (Fsp3) is 0.0750. The van der Waals surface area contributed by atoms with Crippen LogP contribution in [0, 0.1) is 5.92 Å². The van der Waals surface area contributed by atoms with Crippen molar-refractivity contribution in [3.8, 4) is 16.9 Å². The van der Waals surface area contributed by atoms with E-state index in [4.69, 9.17) is 9.22 Å². The predicted molar refractivity (Wildman–Crippen MR) is 210 cm³/mol. The van der Waals surface area contributed by atoms with E-state index in [1.807, 2.05) is 0 Å². The molecule has 2 aliphatic rings. The van der Waals surface area contributed by atoms with Gasteiger partial charge in [0.2, 0.25) is 0 Å². The standard InChI is InChI=1S/C40H26N2O13S3/c43-36(20-8-2-1-3-9-20)34-31-22-10-4-5-11-23(22)39(46)32-28(19-30(58(51,52)53)35(33(31)32)42-40(34)47)41-27-18-21(14-15-29(27)57(48,49)50)54-55-56-17-16-26-37(44)24-12-6-7-13-25(24)38(26)45/h1-15,18-19,26,41H,16-17H2,(H,42,47)(H,48,49,50)(H,51,52,53). The van der Waals surface area contributed by atoms with E-state index in [1.165, 1.54) is 30.3 Å². The SMILES string of the molecule is O=C(c1ccccc1)c1c2c3c(c(Nc4cc(OOSCCC5C(=O)c6ccccc6C5=O)ccc4S(=O)(=O)O)cc(S(=O)(=O)O)c3[nH]c1=O)C(=O)c1ccccc1-2. The van der Waals surface area contributed by atoms with E-state index < -0.39 is 75.5 Å². The summed E-state index contributed by atoms with van der Waals surface area (Å²) in [6.07, 6.45) is 0.124. The molecule has 5 aromatic carbocycles. The van der Waals surface area contributed by atoms with Crippen LogP contribution in [0.25, 0.3) is 22.0 Å². The molecule has 15 nitrogen and oxygen atoms in total. The van der Waals surface area contributed by atoms with Crippen molar-refractivity contribution >= 4 is 77.7 Å². The van der Waals surface area contributed by atoms with Crippen molar-refractivity contribution < 1.29 is 54.3 Å². The molecule has 8 rings (SSSR count). The summed E-state index contributed by atoms with van der Waals surface area (Å²) in [6, 6.07) is 24.1. The number of nitrogens with one attached hydrogen (secondary N) is 2. The molecule has 0 aliphatic heterocycles. The Kier molecular flexibility index (Phi) is 9.70. The van der Waals surface area contributed by atoms with Gasteiger partial charge in [0.05, 0.1) is 33.9 Å². The molecule has 0 unspecified atom stereocenters. The molecule has 0 amide bonds. The van der Waals surface area contributed by atoms with E-state index in [0.29, 0.717) is 11.1 Å². The molecule has 1 heterocycles. The number of Topliss-reactive ketones (excluding diaryl/α,β-unsaturated/α-hetero) is 2. The zero-order valence-electron chi connectivity index (χ0n) is 29.4. The molecular weight excluding hydrogens is 813 g/mol. The highest BCUT2D eigenvalue weighted by molar-refractivity contribution is 7.94. The third-order valence-electron chi connectivity index (χ3n) is 9.72. The Labute approximate surface area is 332 Å². The van der Waals surface area contributed by atoms with Crippen LogP contribution < -0.4 is 15.8 Å². The summed E-state index contributed by atoms with van der Waals surface area (Å²) in [6.45, 7) is 0. The Morgan fingerprint density at radius 3 is 1.95 bits per heavy atom. The van der Waals surface area contributed by atoms with E-state index in [1.54, 1.807) is 48.5 Å². The summed E-state index contributed by atoms with van der Waals surface area (Å²) < 4.78 is 76.9. The Morgan fingerprint density at radius 2 is 1.31 bits per heavy atom. The second-order valence-electron chi connectivity index (χ2n) is 13.1. The van der Waals surface area contributed by atoms with Crippen molar-refractivity contribution in [3.05, 3.63) is 147 Å². The van der Waals surface area contributed by atoms with Crippen molar-refractivity contribution in [2.45, 2.75) is 16.2 Å². The second kappa shape index (κ2) is 14.6. The summed E-state index contributed by atoms with van der Waals surface area (Å²) >= 11 is 0.745. The van der Waals surface area contributed by atoms with Crippen LogP contribution in [0.3, 0.4) is 0 Å². The largest absolute Gasteiger partial charge is 0.354 e. The number of rotatable bonds is 12. The quantitative estimate of drug-likeness (QED) is 0.0202. The third kappa shape index (κ3) is 6.70. The van der Waals surface area contributed by atoms with E-state index in [2.05, 4.69) is 10.3 Å². The minimum atomic E-state index is -5.22. The van der Waals surface area contributed by atoms with E-state index >= 15 is 0 Å². The average molecular weight is 839 g/mol. The first-order valence-electron chi connectivity index (χ1n) is 17.2. The second-order valence-corrected chi connectivity index (χ2v) is 16.7. The van der Waals surface area contributed by atoms with Crippen molar-refractivity contribution in [1.29, 1.82) is 0 Å². The summed E-state index contributed by atoms with van der Waals surface area (Å²) in [7, 11) is -10.2. The number of carbonyl (C=O) groups is 4. The first kappa shape index (κ1) is 38.6. The molecule has 0 bridgehead atoms. The Bertz CT molecular complexity index is 3040. The Balaban J connectivity index is 1.19. The molecule has 0 saturated heterocycles. The van der Waals surface area contributed by atoms with Gasteiger partial charge in [-0.25, -0.2) is 0 Å². The van der Waals surface area contributed by atoms with Gasteiger partial charge in [-0.1, -0.05) is 78.9 Å². The van der Waals surface area contributed by atoms with Crippen LogP contribution in [-0.2, 0) is 24.6 Å². The predicted octanol–water partition coefficient (Wildman–Crippen LogP) is 6.25. The summed E-state index contributed by atoms with van der Waals surface area (Å²) in [5.74, 6) is -3.02. The van der Waals surface area contributed by atoms with Crippen molar-refractivity contribution in [3.63, 3.8) is 0 Å². The van der Waals surface area contributed by atoms with Crippen molar-refractivity contribution in [2.75, 3.05) is 11.1 Å². The lowest BCUT2D eigenvalue weighted by molar-refractivity contribution is -0.0777. The van der Waals surface area contributed by atoms with Gasteiger partial charge in [-0.2, -0.15) is 16.8 Å². The number of benzene rings is 5. The highest BCUT2D eigenvalue weighted by Crippen LogP contribution is 2.46. The molecule has 2 aliphatic carbocycles. The summed E-state index contributed by atoms with van der Waals surface area (Å²) in [5.41, 5.74) is -2.33. The lowest BCUT2D eigenvalue weighted by atomic mass is 9.80. The Morgan fingerprint density at radius 1 is 0.707 bits per heavy atom. The van der Waals surface area contributed by atoms with Gasteiger partial charge in [0, 0.05) is 57.1 Å². The summed E-state index contributed by atoms with van der Waals surface area (Å²) in [4.78, 5) is 73.6. The van der Waals surface area contributed by atoms with Crippen molar-refractivity contribution in [1.82, 2.24) is 4.98 Å². The van der Waals surface area contributed by atoms with Crippen LogP contribution in [0.5, 0.6) is 5.75 Å². The summed E-state index contributed by atoms with van der Waals surface area (Å²) in [5, 5.41) is 2.44. The molecule has 0 atom stereocenters. The van der Waals surface area contributed by atoms with Crippen LogP contribution in [0.4, 0.5) is 11.4 Å². The third-order valence-corrected chi connectivity index (χ3v) is 12.1.